The number of nitrogens with zero attached hydrogens (tertiary/aromatic N) is 2. The van der Waals surface area contributed by atoms with Crippen LogP contribution in [0.3, 0.4) is 0 Å². The molecule has 1 heterocycles. The van der Waals surface area contributed by atoms with E-state index in [4.69, 9.17) is 10.9 Å². The molecule has 1 aliphatic heterocycles. The zero-order valence-corrected chi connectivity index (χ0v) is 11.6. The number of carbonyl (C=O) groups excluding carboxylic acids is 1. The summed E-state index contributed by atoms with van der Waals surface area (Å²) in [4.78, 5) is 14.3. The van der Waals surface area contributed by atoms with Gasteiger partial charge >= 0.3 is 0 Å². The standard InChI is InChI=1S/C13H25N3O3/c1-2-6-11(12(14)15-19)13(18)16-8-5-3-4-7-10(16)9-17/h10-11,17,19H,2-9H2,1H3,(H2,14,15). The van der Waals surface area contributed by atoms with Crippen LogP contribution in [0.1, 0.15) is 45.4 Å². The van der Waals surface area contributed by atoms with Crippen LogP contribution in [0.25, 0.3) is 0 Å². The molecule has 1 aliphatic rings. The van der Waals surface area contributed by atoms with Crippen LogP contribution in [0.4, 0.5) is 0 Å². The van der Waals surface area contributed by atoms with Gasteiger partial charge in [0.1, 0.15) is 0 Å². The minimum atomic E-state index is -0.581. The molecule has 0 aliphatic carbocycles. The van der Waals surface area contributed by atoms with E-state index < -0.39 is 5.92 Å². The fourth-order valence-corrected chi connectivity index (χ4v) is 2.61. The van der Waals surface area contributed by atoms with Crippen LogP contribution in [0, 0.1) is 5.92 Å². The number of hydrogen-bond acceptors (Lipinski definition) is 4. The quantitative estimate of drug-likeness (QED) is 0.299. The molecule has 0 spiro atoms. The summed E-state index contributed by atoms with van der Waals surface area (Å²) in [6.45, 7) is 2.57. The molecule has 6 nitrogen and oxygen atoms in total. The van der Waals surface area contributed by atoms with Gasteiger partial charge in [0, 0.05) is 6.54 Å². The van der Waals surface area contributed by atoms with Crippen LogP contribution < -0.4 is 5.73 Å². The Morgan fingerprint density at radius 2 is 2.21 bits per heavy atom. The minimum absolute atomic E-state index is 0.0270. The van der Waals surface area contributed by atoms with Crippen LogP contribution in [-0.2, 0) is 4.79 Å². The van der Waals surface area contributed by atoms with E-state index >= 15 is 0 Å². The number of hydrogen-bond donors (Lipinski definition) is 3. The van der Waals surface area contributed by atoms with Gasteiger partial charge in [-0.25, -0.2) is 0 Å². The first-order valence-electron chi connectivity index (χ1n) is 7.04. The maximum Gasteiger partial charge on any atom is 0.233 e. The van der Waals surface area contributed by atoms with Gasteiger partial charge in [0.05, 0.1) is 18.6 Å². The maximum absolute atomic E-state index is 12.6. The second-order valence-electron chi connectivity index (χ2n) is 5.08. The molecule has 110 valence electrons. The maximum atomic E-state index is 12.6. The Morgan fingerprint density at radius 3 is 2.79 bits per heavy atom. The average molecular weight is 271 g/mol. The first-order valence-corrected chi connectivity index (χ1v) is 7.04. The van der Waals surface area contributed by atoms with Crippen LogP contribution in [0.15, 0.2) is 5.16 Å². The van der Waals surface area contributed by atoms with E-state index in [0.29, 0.717) is 13.0 Å². The van der Waals surface area contributed by atoms with Crippen molar-refractivity contribution in [3.8, 4) is 0 Å². The molecule has 0 aromatic rings. The van der Waals surface area contributed by atoms with Gasteiger partial charge in [-0.15, -0.1) is 0 Å². The Morgan fingerprint density at radius 1 is 1.47 bits per heavy atom. The van der Waals surface area contributed by atoms with E-state index in [-0.39, 0.29) is 24.4 Å². The van der Waals surface area contributed by atoms with E-state index in [1.165, 1.54) is 0 Å². The van der Waals surface area contributed by atoms with E-state index in [1.807, 2.05) is 6.92 Å². The Labute approximate surface area is 114 Å². The predicted molar refractivity (Wildman–Crippen MR) is 72.9 cm³/mol. The highest BCUT2D eigenvalue weighted by molar-refractivity contribution is 6.02. The number of aliphatic hydroxyl groups is 1. The largest absolute Gasteiger partial charge is 0.409 e. The van der Waals surface area contributed by atoms with Gasteiger partial charge in [0.25, 0.3) is 0 Å². The molecule has 2 atom stereocenters. The number of oxime groups is 1. The number of amides is 1. The van der Waals surface area contributed by atoms with Gasteiger partial charge in [0.2, 0.25) is 5.91 Å². The summed E-state index contributed by atoms with van der Waals surface area (Å²) >= 11 is 0. The zero-order valence-electron chi connectivity index (χ0n) is 11.6. The third kappa shape index (κ3) is 4.09. The molecule has 1 saturated heterocycles. The smallest absolute Gasteiger partial charge is 0.233 e. The topological polar surface area (TPSA) is 99.2 Å². The molecule has 1 amide bonds. The normalized spacial score (nSPS) is 22.9. The third-order valence-corrected chi connectivity index (χ3v) is 3.72. The first kappa shape index (κ1) is 15.8. The van der Waals surface area contributed by atoms with Crippen molar-refractivity contribution in [2.45, 2.75) is 51.5 Å². The van der Waals surface area contributed by atoms with Gasteiger partial charge in [-0.1, -0.05) is 31.3 Å². The van der Waals surface area contributed by atoms with E-state index in [0.717, 1.165) is 32.1 Å². The highest BCUT2D eigenvalue weighted by Gasteiger charge is 2.32. The number of carbonyl (C=O) groups is 1. The Kier molecular flexibility index (Phi) is 6.62. The fraction of sp³-hybridized carbons (Fsp3) is 0.846. The third-order valence-electron chi connectivity index (χ3n) is 3.72. The molecule has 1 rings (SSSR count). The molecule has 0 saturated carbocycles. The van der Waals surface area contributed by atoms with Crippen LogP contribution in [-0.4, -0.2) is 46.1 Å². The van der Waals surface area contributed by atoms with Gasteiger partial charge < -0.3 is 20.9 Å². The monoisotopic (exact) mass is 271 g/mol. The van der Waals surface area contributed by atoms with E-state index in [1.54, 1.807) is 4.90 Å². The molecule has 19 heavy (non-hydrogen) atoms. The average Bonchev–Trinajstić information content (AvgIpc) is 2.68. The zero-order chi connectivity index (χ0) is 14.3. The molecule has 6 heteroatoms. The number of likely N-dealkylation sites (tertiary alicyclic amines) is 1. The first-order chi connectivity index (χ1) is 9.15. The summed E-state index contributed by atoms with van der Waals surface area (Å²) in [5, 5.41) is 21.2. The number of nitrogens with two attached hydrogens (primary N) is 1. The van der Waals surface area contributed by atoms with Gasteiger partial charge in [-0.3, -0.25) is 4.79 Å². The molecular weight excluding hydrogens is 246 g/mol. The number of amidine groups is 1. The fourth-order valence-electron chi connectivity index (χ4n) is 2.61. The second-order valence-corrected chi connectivity index (χ2v) is 5.08. The van der Waals surface area contributed by atoms with Crippen molar-refractivity contribution in [1.82, 2.24) is 4.90 Å². The Hall–Kier alpha value is -1.30. The summed E-state index contributed by atoms with van der Waals surface area (Å²) < 4.78 is 0. The highest BCUT2D eigenvalue weighted by atomic mass is 16.4. The van der Waals surface area contributed by atoms with Crippen molar-refractivity contribution in [1.29, 1.82) is 0 Å². The molecule has 0 aromatic heterocycles. The van der Waals surface area contributed by atoms with E-state index in [2.05, 4.69) is 5.16 Å². The lowest BCUT2D eigenvalue weighted by atomic mass is 9.99. The van der Waals surface area contributed by atoms with Crippen molar-refractivity contribution in [2.75, 3.05) is 13.2 Å². The number of aliphatic hydroxyl groups excluding tert-OH is 1. The molecule has 0 radical (unpaired) electrons. The van der Waals surface area contributed by atoms with Crippen LogP contribution >= 0.6 is 0 Å². The van der Waals surface area contributed by atoms with E-state index in [9.17, 15) is 9.90 Å². The van der Waals surface area contributed by atoms with Gasteiger partial charge in [0.15, 0.2) is 5.84 Å². The van der Waals surface area contributed by atoms with Crippen molar-refractivity contribution >= 4 is 11.7 Å². The Bertz CT molecular complexity index is 320. The summed E-state index contributed by atoms with van der Waals surface area (Å²) in [7, 11) is 0. The lowest BCUT2D eigenvalue weighted by Gasteiger charge is -2.31. The molecule has 0 aromatic carbocycles. The summed E-state index contributed by atoms with van der Waals surface area (Å²) in [5.41, 5.74) is 5.63. The van der Waals surface area contributed by atoms with Crippen molar-refractivity contribution in [3.63, 3.8) is 0 Å². The summed E-state index contributed by atoms with van der Waals surface area (Å²) in [6, 6.07) is -0.138. The lowest BCUT2D eigenvalue weighted by molar-refractivity contribution is -0.136. The second kappa shape index (κ2) is 7.99. The molecular formula is C13H25N3O3. The summed E-state index contributed by atoms with van der Waals surface area (Å²) in [6.07, 6.45) is 5.20. The molecule has 1 fully saturated rings. The van der Waals surface area contributed by atoms with Crippen LogP contribution in [0.2, 0.25) is 0 Å². The van der Waals surface area contributed by atoms with Crippen molar-refractivity contribution < 1.29 is 15.1 Å². The molecule has 2 unspecified atom stereocenters. The predicted octanol–water partition coefficient (Wildman–Crippen LogP) is 0.913. The van der Waals surface area contributed by atoms with Crippen molar-refractivity contribution in [2.24, 2.45) is 16.8 Å². The van der Waals surface area contributed by atoms with Gasteiger partial charge in [-0.05, 0) is 19.3 Å². The highest BCUT2D eigenvalue weighted by Crippen LogP contribution is 2.20. The van der Waals surface area contributed by atoms with Crippen LogP contribution in [0.5, 0.6) is 0 Å². The lowest BCUT2D eigenvalue weighted by Crippen LogP contribution is -2.48. The SMILES string of the molecule is CCCC(C(=O)N1CCCCCC1CO)C(N)=NO. The molecule has 4 N–H and O–H groups in total. The summed E-state index contributed by atoms with van der Waals surface area (Å²) in [5.74, 6) is -0.743. The number of rotatable bonds is 5. The minimum Gasteiger partial charge on any atom is -0.409 e. The Balaban J connectivity index is 2.85. The van der Waals surface area contributed by atoms with Crippen molar-refractivity contribution in [3.05, 3.63) is 0 Å². The van der Waals surface area contributed by atoms with Gasteiger partial charge in [-0.2, -0.15) is 0 Å². The molecule has 0 bridgehead atoms.